The van der Waals surface area contributed by atoms with Gasteiger partial charge in [-0.15, -0.1) is 0 Å². The number of aromatic amines is 3. The lowest BCUT2D eigenvalue weighted by Crippen LogP contribution is -2.59. The molecule has 9 N–H and O–H groups in total. The number of hydrogen-bond acceptors (Lipinski definition) is 7. The van der Waals surface area contributed by atoms with Gasteiger partial charge in [-0.05, 0) is 17.5 Å². The first-order valence-corrected chi connectivity index (χ1v) is 14.0. The fourth-order valence-corrected chi connectivity index (χ4v) is 4.77. The number of nitrogens with one attached hydrogen (secondary N) is 6. The summed E-state index contributed by atoms with van der Waals surface area (Å²) in [6, 6.07) is 3.20. The molecule has 3 amide bonds. The summed E-state index contributed by atoms with van der Waals surface area (Å²) in [5.74, 6) is -3.38. The number of carboxylic acid groups (broad SMARTS) is 1. The Labute approximate surface area is 247 Å². The van der Waals surface area contributed by atoms with Gasteiger partial charge in [-0.1, -0.05) is 38.5 Å². The third-order valence-corrected chi connectivity index (χ3v) is 7.45. The standard InChI is InChI=1S/C29H37N9O5/c1-3-16(2)25(28(41)37-24(29(42)43)10-19-13-32-15-35-19)38-27(40)23(8-17-11-33-22-7-5-4-6-20(17)22)36-26(39)21(30)9-18-12-31-14-34-18/h4-7,11-16,21,23-25,33H,3,8-10,30H2,1-2H3,(H,31,34)(H,32,35)(H,36,39)(H,37,41)(H,38,40)(H,42,43). The van der Waals surface area contributed by atoms with Gasteiger partial charge in [-0.3, -0.25) is 14.4 Å². The van der Waals surface area contributed by atoms with E-state index in [-0.39, 0.29) is 25.2 Å². The lowest BCUT2D eigenvalue weighted by Gasteiger charge is -2.28. The number of benzene rings is 1. The first-order chi connectivity index (χ1) is 20.7. The van der Waals surface area contributed by atoms with E-state index < -0.39 is 47.9 Å². The van der Waals surface area contributed by atoms with Crippen LogP contribution in [0.2, 0.25) is 0 Å². The molecule has 0 spiro atoms. The van der Waals surface area contributed by atoms with Crippen LogP contribution in [0, 0.1) is 5.92 Å². The van der Waals surface area contributed by atoms with Crippen molar-refractivity contribution in [1.29, 1.82) is 0 Å². The zero-order valence-corrected chi connectivity index (χ0v) is 24.0. The number of aromatic nitrogens is 5. The van der Waals surface area contributed by atoms with Crippen LogP contribution in [0.1, 0.15) is 37.2 Å². The van der Waals surface area contributed by atoms with Gasteiger partial charge < -0.3 is 41.7 Å². The summed E-state index contributed by atoms with van der Waals surface area (Å²) in [4.78, 5) is 69.0. The fourth-order valence-electron chi connectivity index (χ4n) is 4.77. The molecule has 0 saturated carbocycles. The van der Waals surface area contributed by atoms with Crippen molar-refractivity contribution in [2.75, 3.05) is 0 Å². The highest BCUT2D eigenvalue weighted by Gasteiger charge is 2.33. The smallest absolute Gasteiger partial charge is 0.326 e. The number of nitrogens with two attached hydrogens (primary N) is 1. The SMILES string of the molecule is CCC(C)C(NC(=O)C(Cc1c[nH]c2ccccc12)NC(=O)C(N)Cc1cnc[nH]1)C(=O)NC(Cc1cnc[nH]1)C(=O)O. The number of nitrogens with zero attached hydrogens (tertiary/aromatic N) is 2. The Morgan fingerprint density at radius 1 is 0.860 bits per heavy atom. The minimum Gasteiger partial charge on any atom is -0.480 e. The number of carboxylic acids is 1. The number of imidazole rings is 2. The van der Waals surface area contributed by atoms with Crippen molar-refractivity contribution in [3.63, 3.8) is 0 Å². The summed E-state index contributed by atoms with van der Waals surface area (Å²) in [5.41, 5.74) is 9.00. The van der Waals surface area contributed by atoms with Crippen LogP contribution in [-0.2, 0) is 38.4 Å². The third kappa shape index (κ3) is 8.07. The Morgan fingerprint density at radius 3 is 2.14 bits per heavy atom. The van der Waals surface area contributed by atoms with Crippen LogP contribution >= 0.6 is 0 Å². The zero-order valence-electron chi connectivity index (χ0n) is 24.0. The van der Waals surface area contributed by atoms with Crippen molar-refractivity contribution in [2.45, 2.75) is 63.7 Å². The van der Waals surface area contributed by atoms with Crippen LogP contribution in [0.4, 0.5) is 0 Å². The molecule has 0 saturated heterocycles. The first-order valence-electron chi connectivity index (χ1n) is 14.0. The van der Waals surface area contributed by atoms with Crippen molar-refractivity contribution in [1.82, 2.24) is 40.9 Å². The number of aliphatic carboxylic acids is 1. The molecule has 0 bridgehead atoms. The Balaban J connectivity index is 1.54. The van der Waals surface area contributed by atoms with Crippen LogP contribution in [-0.4, -0.2) is 77.9 Å². The minimum absolute atomic E-state index is 0.0181. The highest BCUT2D eigenvalue weighted by molar-refractivity contribution is 5.95. The molecule has 14 heteroatoms. The predicted octanol–water partition coefficient (Wildman–Crippen LogP) is 0.554. The first kappa shape index (κ1) is 31.0. The van der Waals surface area contributed by atoms with Gasteiger partial charge in [-0.25, -0.2) is 14.8 Å². The fraction of sp³-hybridized carbons (Fsp3) is 0.379. The second-order valence-electron chi connectivity index (χ2n) is 10.6. The molecule has 43 heavy (non-hydrogen) atoms. The van der Waals surface area contributed by atoms with Gasteiger partial charge in [0, 0.05) is 60.1 Å². The monoisotopic (exact) mass is 591 g/mol. The van der Waals surface area contributed by atoms with E-state index in [4.69, 9.17) is 5.73 Å². The molecule has 5 unspecified atom stereocenters. The quantitative estimate of drug-likeness (QED) is 0.0972. The summed E-state index contributed by atoms with van der Waals surface area (Å²) in [6.07, 6.45) is 8.51. The Bertz CT molecular complexity index is 1520. The summed E-state index contributed by atoms with van der Waals surface area (Å²) >= 11 is 0. The highest BCUT2D eigenvalue weighted by Crippen LogP contribution is 2.20. The van der Waals surface area contributed by atoms with Gasteiger partial charge in [-0.2, -0.15) is 0 Å². The maximum Gasteiger partial charge on any atom is 0.326 e. The molecule has 228 valence electrons. The van der Waals surface area contributed by atoms with Crippen molar-refractivity contribution in [3.8, 4) is 0 Å². The highest BCUT2D eigenvalue weighted by atomic mass is 16.4. The Hall–Kier alpha value is -4.98. The van der Waals surface area contributed by atoms with Gasteiger partial charge in [0.2, 0.25) is 17.7 Å². The normalized spacial score (nSPS) is 14.8. The van der Waals surface area contributed by atoms with Crippen molar-refractivity contribution in [3.05, 3.63) is 72.5 Å². The van der Waals surface area contributed by atoms with E-state index in [1.165, 1.54) is 18.9 Å². The second kappa shape index (κ2) is 14.3. The van der Waals surface area contributed by atoms with Crippen molar-refractivity contribution >= 4 is 34.6 Å². The van der Waals surface area contributed by atoms with Gasteiger partial charge >= 0.3 is 5.97 Å². The molecule has 4 aromatic rings. The Kier molecular flexibility index (Phi) is 10.3. The molecular weight excluding hydrogens is 554 g/mol. The average Bonchev–Trinajstić information content (AvgIpc) is 3.78. The number of H-pyrrole nitrogens is 3. The van der Waals surface area contributed by atoms with Gasteiger partial charge in [0.25, 0.3) is 0 Å². The molecule has 3 heterocycles. The molecule has 1 aromatic carbocycles. The topological polar surface area (TPSA) is 224 Å². The molecular formula is C29H37N9O5. The number of para-hydroxylation sites is 1. The minimum atomic E-state index is -1.25. The summed E-state index contributed by atoms with van der Waals surface area (Å²) in [5, 5.41) is 18.7. The van der Waals surface area contributed by atoms with Crippen LogP contribution in [0.5, 0.6) is 0 Å². The van der Waals surface area contributed by atoms with Crippen molar-refractivity contribution < 1.29 is 24.3 Å². The van der Waals surface area contributed by atoms with E-state index in [0.29, 0.717) is 17.8 Å². The summed E-state index contributed by atoms with van der Waals surface area (Å²) in [7, 11) is 0. The Morgan fingerprint density at radius 2 is 1.51 bits per heavy atom. The number of hydrogen-bond donors (Lipinski definition) is 8. The maximum absolute atomic E-state index is 13.8. The molecule has 14 nitrogen and oxygen atoms in total. The third-order valence-electron chi connectivity index (χ3n) is 7.45. The van der Waals surface area contributed by atoms with Crippen LogP contribution in [0.25, 0.3) is 10.9 Å². The predicted molar refractivity (Wildman–Crippen MR) is 157 cm³/mol. The van der Waals surface area contributed by atoms with E-state index in [1.807, 2.05) is 31.2 Å². The molecule has 0 radical (unpaired) electrons. The zero-order chi connectivity index (χ0) is 30.9. The maximum atomic E-state index is 13.8. The lowest BCUT2D eigenvalue weighted by atomic mass is 9.96. The van der Waals surface area contributed by atoms with Crippen molar-refractivity contribution in [2.24, 2.45) is 11.7 Å². The summed E-state index contributed by atoms with van der Waals surface area (Å²) < 4.78 is 0. The van der Waals surface area contributed by atoms with Gasteiger partial charge in [0.1, 0.15) is 18.1 Å². The van der Waals surface area contributed by atoms with Gasteiger partial charge in [0.15, 0.2) is 0 Å². The van der Waals surface area contributed by atoms with Crippen LogP contribution in [0.3, 0.4) is 0 Å². The van der Waals surface area contributed by atoms with E-state index in [9.17, 15) is 24.3 Å². The largest absolute Gasteiger partial charge is 0.480 e. The molecule has 0 fully saturated rings. The van der Waals surface area contributed by atoms with E-state index in [1.54, 1.807) is 19.3 Å². The number of amides is 3. The number of fused-ring (bicyclic) bond motifs is 1. The average molecular weight is 592 g/mol. The number of carbonyl (C=O) groups is 4. The number of carbonyl (C=O) groups excluding carboxylic acids is 3. The van der Waals surface area contributed by atoms with E-state index in [0.717, 1.165) is 16.5 Å². The van der Waals surface area contributed by atoms with E-state index >= 15 is 0 Å². The molecule has 0 aliphatic heterocycles. The molecule has 4 rings (SSSR count). The lowest BCUT2D eigenvalue weighted by molar-refractivity contribution is -0.142. The second-order valence-corrected chi connectivity index (χ2v) is 10.6. The van der Waals surface area contributed by atoms with Crippen LogP contribution in [0.15, 0.2) is 55.5 Å². The van der Waals surface area contributed by atoms with Crippen LogP contribution < -0.4 is 21.7 Å². The molecule has 5 atom stereocenters. The summed E-state index contributed by atoms with van der Waals surface area (Å²) in [6.45, 7) is 3.64. The van der Waals surface area contributed by atoms with Gasteiger partial charge in [0.05, 0.1) is 18.7 Å². The molecule has 3 aromatic heterocycles. The molecule has 0 aliphatic rings. The van der Waals surface area contributed by atoms with E-state index in [2.05, 4.69) is 40.9 Å². The molecule has 0 aliphatic carbocycles. The number of rotatable bonds is 15.